The summed E-state index contributed by atoms with van der Waals surface area (Å²) in [5, 5.41) is 6.20. The molecule has 0 radical (unpaired) electrons. The van der Waals surface area contributed by atoms with E-state index in [2.05, 4.69) is 22.5 Å². The predicted molar refractivity (Wildman–Crippen MR) is 69.7 cm³/mol. The van der Waals surface area contributed by atoms with Crippen LogP contribution in [0.4, 0.5) is 8.78 Å². The zero-order valence-electron chi connectivity index (χ0n) is 10.8. The summed E-state index contributed by atoms with van der Waals surface area (Å²) in [6.45, 7) is 3.48. The third-order valence-electron chi connectivity index (χ3n) is 2.39. The zero-order valence-corrected chi connectivity index (χ0v) is 10.8. The minimum Gasteiger partial charge on any atom is -0.356 e. The fraction of sp³-hybridized carbons (Fsp3) is 0.462. The second-order valence-electron chi connectivity index (χ2n) is 3.95. The van der Waals surface area contributed by atoms with Crippen LogP contribution in [0.15, 0.2) is 23.2 Å². The molecule has 3 nitrogen and oxygen atoms in total. The van der Waals surface area contributed by atoms with Gasteiger partial charge >= 0.3 is 0 Å². The Morgan fingerprint density at radius 3 is 2.28 bits per heavy atom. The summed E-state index contributed by atoms with van der Waals surface area (Å²) in [6.07, 6.45) is 1.55. The van der Waals surface area contributed by atoms with Gasteiger partial charge in [-0.1, -0.05) is 6.92 Å². The number of hydrogen-bond acceptors (Lipinski definition) is 1. The SMILES string of the molecule is CCCNC(=NC)NCCc1cc(F)cc(F)c1. The van der Waals surface area contributed by atoms with Crippen molar-refractivity contribution in [3.63, 3.8) is 0 Å². The Morgan fingerprint density at radius 1 is 1.11 bits per heavy atom. The third-order valence-corrected chi connectivity index (χ3v) is 2.39. The van der Waals surface area contributed by atoms with E-state index in [1.54, 1.807) is 7.05 Å². The van der Waals surface area contributed by atoms with Crippen LogP contribution in [-0.4, -0.2) is 26.1 Å². The van der Waals surface area contributed by atoms with E-state index in [0.717, 1.165) is 19.0 Å². The molecule has 0 aliphatic heterocycles. The van der Waals surface area contributed by atoms with Crippen LogP contribution in [-0.2, 0) is 6.42 Å². The van der Waals surface area contributed by atoms with Crippen LogP contribution in [0.2, 0.25) is 0 Å². The highest BCUT2D eigenvalue weighted by Gasteiger charge is 2.01. The molecule has 0 bridgehead atoms. The smallest absolute Gasteiger partial charge is 0.190 e. The average molecular weight is 255 g/mol. The van der Waals surface area contributed by atoms with E-state index < -0.39 is 11.6 Å². The zero-order chi connectivity index (χ0) is 13.4. The second-order valence-corrected chi connectivity index (χ2v) is 3.95. The standard InChI is InChI=1S/C13H19F2N3/c1-3-5-17-13(16-2)18-6-4-10-7-11(14)9-12(15)8-10/h7-9H,3-6H2,1-2H3,(H2,16,17,18). The van der Waals surface area contributed by atoms with E-state index >= 15 is 0 Å². The minimum absolute atomic E-state index is 0.543. The minimum atomic E-state index is -0.543. The Balaban J connectivity index is 2.40. The van der Waals surface area contributed by atoms with E-state index in [1.165, 1.54) is 12.1 Å². The maximum atomic E-state index is 13.0. The van der Waals surface area contributed by atoms with Gasteiger partial charge in [-0.05, 0) is 30.5 Å². The van der Waals surface area contributed by atoms with E-state index in [4.69, 9.17) is 0 Å². The lowest BCUT2D eigenvalue weighted by molar-refractivity contribution is 0.579. The first kappa shape index (κ1) is 14.4. The molecule has 1 rings (SSSR count). The normalized spacial score (nSPS) is 11.4. The summed E-state index contributed by atoms with van der Waals surface area (Å²) in [7, 11) is 1.69. The molecule has 0 aliphatic rings. The van der Waals surface area contributed by atoms with Gasteiger partial charge in [-0.15, -0.1) is 0 Å². The molecule has 5 heteroatoms. The van der Waals surface area contributed by atoms with Crippen molar-refractivity contribution in [2.75, 3.05) is 20.1 Å². The number of nitrogens with one attached hydrogen (secondary N) is 2. The highest BCUT2D eigenvalue weighted by Crippen LogP contribution is 2.07. The molecular formula is C13H19F2N3. The van der Waals surface area contributed by atoms with Gasteiger partial charge in [-0.2, -0.15) is 0 Å². The number of halogens is 2. The van der Waals surface area contributed by atoms with Gasteiger partial charge in [0.05, 0.1) is 0 Å². The van der Waals surface area contributed by atoms with Crippen LogP contribution in [0.5, 0.6) is 0 Å². The van der Waals surface area contributed by atoms with Crippen molar-refractivity contribution in [2.45, 2.75) is 19.8 Å². The fourth-order valence-corrected chi connectivity index (χ4v) is 1.54. The second kappa shape index (κ2) is 7.63. The Labute approximate surface area is 106 Å². The van der Waals surface area contributed by atoms with Crippen molar-refractivity contribution < 1.29 is 8.78 Å². The van der Waals surface area contributed by atoms with Gasteiger partial charge in [0.2, 0.25) is 0 Å². The summed E-state index contributed by atoms with van der Waals surface area (Å²) in [6, 6.07) is 3.55. The van der Waals surface area contributed by atoms with Crippen LogP contribution in [0.25, 0.3) is 0 Å². The molecule has 0 aliphatic carbocycles. The number of aliphatic imine (C=N–C) groups is 1. The summed E-state index contributed by atoms with van der Waals surface area (Å²) in [4.78, 5) is 4.04. The van der Waals surface area contributed by atoms with E-state index in [1.807, 2.05) is 0 Å². The Bertz CT molecular complexity index is 385. The van der Waals surface area contributed by atoms with Gasteiger partial charge in [0, 0.05) is 26.2 Å². The van der Waals surface area contributed by atoms with E-state index in [-0.39, 0.29) is 0 Å². The molecule has 0 fully saturated rings. The number of nitrogens with zero attached hydrogens (tertiary/aromatic N) is 1. The van der Waals surface area contributed by atoms with Gasteiger partial charge in [-0.25, -0.2) is 8.78 Å². The molecule has 0 heterocycles. The molecule has 18 heavy (non-hydrogen) atoms. The quantitative estimate of drug-likeness (QED) is 0.624. The average Bonchev–Trinajstić information content (AvgIpc) is 2.32. The maximum absolute atomic E-state index is 13.0. The number of rotatable bonds is 5. The molecule has 0 aromatic heterocycles. The Hall–Kier alpha value is -1.65. The van der Waals surface area contributed by atoms with Gasteiger partial charge in [0.25, 0.3) is 0 Å². The highest BCUT2D eigenvalue weighted by atomic mass is 19.1. The van der Waals surface area contributed by atoms with Crippen molar-refractivity contribution in [2.24, 2.45) is 4.99 Å². The molecule has 0 unspecified atom stereocenters. The van der Waals surface area contributed by atoms with Crippen molar-refractivity contribution in [1.29, 1.82) is 0 Å². The van der Waals surface area contributed by atoms with Crippen LogP contribution >= 0.6 is 0 Å². The molecule has 1 aromatic rings. The summed E-state index contributed by atoms with van der Waals surface area (Å²) >= 11 is 0. The maximum Gasteiger partial charge on any atom is 0.190 e. The fourth-order valence-electron chi connectivity index (χ4n) is 1.54. The number of guanidine groups is 1. The summed E-state index contributed by atoms with van der Waals surface area (Å²) < 4.78 is 25.9. The van der Waals surface area contributed by atoms with E-state index in [9.17, 15) is 8.78 Å². The molecule has 100 valence electrons. The molecule has 2 N–H and O–H groups in total. The topological polar surface area (TPSA) is 36.4 Å². The lowest BCUT2D eigenvalue weighted by Gasteiger charge is -2.11. The van der Waals surface area contributed by atoms with Crippen LogP contribution < -0.4 is 10.6 Å². The molecule has 0 saturated heterocycles. The van der Waals surface area contributed by atoms with Gasteiger partial charge in [0.1, 0.15) is 11.6 Å². The first-order chi connectivity index (χ1) is 8.65. The number of benzene rings is 1. The van der Waals surface area contributed by atoms with Gasteiger partial charge < -0.3 is 10.6 Å². The van der Waals surface area contributed by atoms with Crippen molar-refractivity contribution in [3.8, 4) is 0 Å². The van der Waals surface area contributed by atoms with Gasteiger partial charge in [-0.3, -0.25) is 4.99 Å². The third kappa shape index (κ3) is 5.12. The van der Waals surface area contributed by atoms with Crippen molar-refractivity contribution >= 4 is 5.96 Å². The van der Waals surface area contributed by atoms with Crippen molar-refractivity contribution in [1.82, 2.24) is 10.6 Å². The molecule has 0 amide bonds. The highest BCUT2D eigenvalue weighted by molar-refractivity contribution is 5.79. The monoisotopic (exact) mass is 255 g/mol. The lowest BCUT2D eigenvalue weighted by Crippen LogP contribution is -2.38. The molecule has 1 aromatic carbocycles. The summed E-state index contributed by atoms with van der Waals surface area (Å²) in [5.74, 6) is -0.384. The Kier molecular flexibility index (Phi) is 6.11. The summed E-state index contributed by atoms with van der Waals surface area (Å²) in [5.41, 5.74) is 0.631. The first-order valence-electron chi connectivity index (χ1n) is 6.05. The van der Waals surface area contributed by atoms with Crippen LogP contribution in [0.1, 0.15) is 18.9 Å². The predicted octanol–water partition coefficient (Wildman–Crippen LogP) is 2.08. The first-order valence-corrected chi connectivity index (χ1v) is 6.05. The van der Waals surface area contributed by atoms with Crippen LogP contribution in [0, 0.1) is 11.6 Å². The molecule has 0 spiro atoms. The van der Waals surface area contributed by atoms with Crippen molar-refractivity contribution in [3.05, 3.63) is 35.4 Å². The number of hydrogen-bond donors (Lipinski definition) is 2. The molecule has 0 atom stereocenters. The molecular weight excluding hydrogens is 236 g/mol. The molecule has 0 saturated carbocycles. The lowest BCUT2D eigenvalue weighted by atomic mass is 10.1. The van der Waals surface area contributed by atoms with Crippen LogP contribution in [0.3, 0.4) is 0 Å². The Morgan fingerprint density at radius 2 is 1.72 bits per heavy atom. The van der Waals surface area contributed by atoms with Gasteiger partial charge in [0.15, 0.2) is 5.96 Å². The largest absolute Gasteiger partial charge is 0.356 e. The van der Waals surface area contributed by atoms with E-state index in [0.29, 0.717) is 24.5 Å².